The second-order valence-electron chi connectivity index (χ2n) is 7.09. The third-order valence-electron chi connectivity index (χ3n) is 5.17. The number of nitrogens with one attached hydrogen (secondary N) is 1. The fourth-order valence-corrected chi connectivity index (χ4v) is 3.40. The molecule has 130 valence electrons. The Hall–Kier alpha value is -1.91. The topological polar surface area (TPSA) is 55.6 Å². The summed E-state index contributed by atoms with van der Waals surface area (Å²) in [5, 5.41) is 7.98. The van der Waals surface area contributed by atoms with Crippen LogP contribution < -0.4 is 5.32 Å². The molecule has 1 aliphatic rings. The number of nitrogens with zero attached hydrogens (tertiary/aromatic N) is 4. The molecule has 0 bridgehead atoms. The van der Waals surface area contributed by atoms with Crippen molar-refractivity contribution < 1.29 is 0 Å². The Balaban J connectivity index is 1.81. The average Bonchev–Trinajstić information content (AvgIpc) is 2.96. The molecule has 1 atom stereocenters. The SMILES string of the molecule is CCC(C)Cc1c(-c2ccnc(NC3CCCCC3)n2)cnn1C. The fourth-order valence-electron chi connectivity index (χ4n) is 3.40. The predicted octanol–water partition coefficient (Wildman–Crippen LogP) is 4.21. The summed E-state index contributed by atoms with van der Waals surface area (Å²) in [6, 6.07) is 2.51. The zero-order valence-electron chi connectivity index (χ0n) is 15.1. The first-order valence-electron chi connectivity index (χ1n) is 9.28. The highest BCUT2D eigenvalue weighted by Crippen LogP contribution is 2.26. The van der Waals surface area contributed by atoms with Gasteiger partial charge < -0.3 is 5.32 Å². The van der Waals surface area contributed by atoms with Crippen LogP contribution >= 0.6 is 0 Å². The summed E-state index contributed by atoms with van der Waals surface area (Å²) in [6.07, 6.45) is 12.4. The van der Waals surface area contributed by atoms with Gasteiger partial charge >= 0.3 is 0 Å². The van der Waals surface area contributed by atoms with Crippen molar-refractivity contribution in [2.45, 2.75) is 64.8 Å². The minimum atomic E-state index is 0.516. The Bertz CT molecular complexity index is 658. The van der Waals surface area contributed by atoms with Crippen LogP contribution in [0.4, 0.5) is 5.95 Å². The van der Waals surface area contributed by atoms with E-state index < -0.39 is 0 Å². The van der Waals surface area contributed by atoms with Crippen LogP contribution in [0.5, 0.6) is 0 Å². The lowest BCUT2D eigenvalue weighted by Gasteiger charge is -2.22. The monoisotopic (exact) mass is 327 g/mol. The molecule has 1 aliphatic carbocycles. The molecule has 5 heteroatoms. The van der Waals surface area contributed by atoms with Crippen LogP contribution in [0.2, 0.25) is 0 Å². The van der Waals surface area contributed by atoms with Gasteiger partial charge in [0.15, 0.2) is 0 Å². The second kappa shape index (κ2) is 7.77. The molecular weight excluding hydrogens is 298 g/mol. The lowest BCUT2D eigenvalue weighted by molar-refractivity contribution is 0.461. The van der Waals surface area contributed by atoms with Gasteiger partial charge in [0.05, 0.1) is 11.9 Å². The van der Waals surface area contributed by atoms with E-state index in [1.165, 1.54) is 44.2 Å². The van der Waals surface area contributed by atoms with Gasteiger partial charge in [-0.15, -0.1) is 0 Å². The zero-order valence-corrected chi connectivity index (χ0v) is 15.1. The molecule has 0 amide bonds. The normalized spacial score (nSPS) is 17.0. The first-order valence-corrected chi connectivity index (χ1v) is 9.28. The van der Waals surface area contributed by atoms with Gasteiger partial charge in [0, 0.05) is 30.5 Å². The van der Waals surface area contributed by atoms with Crippen molar-refractivity contribution in [1.29, 1.82) is 0 Å². The van der Waals surface area contributed by atoms with E-state index in [9.17, 15) is 0 Å². The van der Waals surface area contributed by atoms with Crippen LogP contribution in [0, 0.1) is 5.92 Å². The maximum Gasteiger partial charge on any atom is 0.223 e. The Morgan fingerprint density at radius 1 is 1.29 bits per heavy atom. The smallest absolute Gasteiger partial charge is 0.223 e. The molecule has 2 aromatic rings. The summed E-state index contributed by atoms with van der Waals surface area (Å²) >= 11 is 0. The third-order valence-corrected chi connectivity index (χ3v) is 5.17. The second-order valence-corrected chi connectivity index (χ2v) is 7.09. The van der Waals surface area contributed by atoms with Crippen LogP contribution in [0.1, 0.15) is 58.1 Å². The van der Waals surface area contributed by atoms with E-state index in [0.717, 1.165) is 23.6 Å². The van der Waals surface area contributed by atoms with Crippen LogP contribution in [0.25, 0.3) is 11.3 Å². The largest absolute Gasteiger partial charge is 0.351 e. The van der Waals surface area contributed by atoms with E-state index in [1.807, 2.05) is 30.2 Å². The highest BCUT2D eigenvalue weighted by atomic mass is 15.3. The lowest BCUT2D eigenvalue weighted by atomic mass is 9.96. The van der Waals surface area contributed by atoms with Crippen molar-refractivity contribution in [3.8, 4) is 11.3 Å². The van der Waals surface area contributed by atoms with E-state index in [-0.39, 0.29) is 0 Å². The first kappa shape index (κ1) is 16.9. The van der Waals surface area contributed by atoms with Gasteiger partial charge in [0.1, 0.15) is 0 Å². The highest BCUT2D eigenvalue weighted by Gasteiger charge is 2.17. The van der Waals surface area contributed by atoms with Crippen molar-refractivity contribution in [2.24, 2.45) is 13.0 Å². The van der Waals surface area contributed by atoms with Crippen LogP contribution in [-0.2, 0) is 13.5 Å². The van der Waals surface area contributed by atoms with Gasteiger partial charge in [-0.25, -0.2) is 9.97 Å². The summed E-state index contributed by atoms with van der Waals surface area (Å²) in [7, 11) is 2.02. The summed E-state index contributed by atoms with van der Waals surface area (Å²) in [5.41, 5.74) is 3.35. The Morgan fingerprint density at radius 2 is 2.08 bits per heavy atom. The molecule has 3 rings (SSSR count). The molecule has 1 saturated carbocycles. The standard InChI is InChI=1S/C19H29N5/c1-4-14(2)12-18-16(13-21-24(18)3)17-10-11-20-19(23-17)22-15-8-6-5-7-9-15/h10-11,13-15H,4-9,12H2,1-3H3,(H,20,22,23). The molecule has 24 heavy (non-hydrogen) atoms. The van der Waals surface area contributed by atoms with E-state index in [0.29, 0.717) is 12.0 Å². The fraction of sp³-hybridized carbons (Fsp3) is 0.632. The molecule has 0 saturated heterocycles. The molecule has 0 aliphatic heterocycles. The summed E-state index contributed by atoms with van der Waals surface area (Å²) in [4.78, 5) is 9.19. The number of rotatable bonds is 6. The van der Waals surface area contributed by atoms with E-state index in [4.69, 9.17) is 4.98 Å². The van der Waals surface area contributed by atoms with Crippen molar-refractivity contribution in [2.75, 3.05) is 5.32 Å². The van der Waals surface area contributed by atoms with Crippen LogP contribution in [0.3, 0.4) is 0 Å². The average molecular weight is 327 g/mol. The van der Waals surface area contributed by atoms with E-state index in [1.54, 1.807) is 0 Å². The number of hydrogen-bond acceptors (Lipinski definition) is 4. The van der Waals surface area contributed by atoms with Gasteiger partial charge in [-0.2, -0.15) is 5.10 Å². The maximum atomic E-state index is 4.77. The molecule has 0 spiro atoms. The van der Waals surface area contributed by atoms with Gasteiger partial charge in [-0.05, 0) is 31.2 Å². The van der Waals surface area contributed by atoms with E-state index in [2.05, 4.69) is 29.2 Å². The Kier molecular flexibility index (Phi) is 5.48. The zero-order chi connectivity index (χ0) is 16.9. The highest BCUT2D eigenvalue weighted by molar-refractivity contribution is 5.62. The number of anilines is 1. The van der Waals surface area contributed by atoms with Gasteiger partial charge in [-0.1, -0.05) is 39.5 Å². The molecule has 0 aromatic carbocycles. The molecule has 0 radical (unpaired) electrons. The van der Waals surface area contributed by atoms with E-state index >= 15 is 0 Å². The van der Waals surface area contributed by atoms with Crippen molar-refractivity contribution in [1.82, 2.24) is 19.7 Å². The van der Waals surface area contributed by atoms with Crippen molar-refractivity contribution in [3.63, 3.8) is 0 Å². The summed E-state index contributed by atoms with van der Waals surface area (Å²) < 4.78 is 1.98. The predicted molar refractivity (Wildman–Crippen MR) is 97.9 cm³/mol. The maximum absolute atomic E-state index is 4.77. The molecule has 1 N–H and O–H groups in total. The van der Waals surface area contributed by atoms with Gasteiger partial charge in [0.25, 0.3) is 0 Å². The van der Waals surface area contributed by atoms with Crippen molar-refractivity contribution in [3.05, 3.63) is 24.2 Å². The first-order chi connectivity index (χ1) is 11.7. The molecule has 2 aromatic heterocycles. The van der Waals surface area contributed by atoms with Crippen LogP contribution in [-0.4, -0.2) is 25.8 Å². The quantitative estimate of drug-likeness (QED) is 0.863. The Morgan fingerprint density at radius 3 is 2.83 bits per heavy atom. The summed E-state index contributed by atoms with van der Waals surface area (Å²) in [6.45, 7) is 4.52. The van der Waals surface area contributed by atoms with Gasteiger partial charge in [0.2, 0.25) is 5.95 Å². The lowest BCUT2D eigenvalue weighted by Crippen LogP contribution is -2.23. The molecular formula is C19H29N5. The molecule has 5 nitrogen and oxygen atoms in total. The van der Waals surface area contributed by atoms with Crippen LogP contribution in [0.15, 0.2) is 18.5 Å². The third kappa shape index (κ3) is 3.94. The number of hydrogen-bond donors (Lipinski definition) is 1. The Labute approximate surface area is 144 Å². The molecule has 2 heterocycles. The minimum absolute atomic E-state index is 0.516. The summed E-state index contributed by atoms with van der Waals surface area (Å²) in [5.74, 6) is 1.39. The van der Waals surface area contributed by atoms with Crippen molar-refractivity contribution >= 4 is 5.95 Å². The minimum Gasteiger partial charge on any atom is -0.351 e. The number of aromatic nitrogens is 4. The van der Waals surface area contributed by atoms with Gasteiger partial charge in [-0.3, -0.25) is 4.68 Å². The molecule has 1 fully saturated rings. The molecule has 1 unspecified atom stereocenters. The number of aryl methyl sites for hydroxylation is 1.